The molecule has 0 N–H and O–H groups in total. The molecule has 0 aromatic heterocycles. The molecular formula is C22H22O8. The Bertz CT molecular complexity index is 936. The monoisotopic (exact) mass is 414 g/mol. The summed E-state index contributed by atoms with van der Waals surface area (Å²) in [4.78, 5) is 12.2. The maximum absolute atomic E-state index is 12.2. The van der Waals surface area contributed by atoms with Gasteiger partial charge < -0.3 is 33.2 Å². The van der Waals surface area contributed by atoms with Gasteiger partial charge in [0, 0.05) is 11.8 Å². The summed E-state index contributed by atoms with van der Waals surface area (Å²) < 4.78 is 38.8. The van der Waals surface area contributed by atoms with Crippen LogP contribution in [0, 0.1) is 11.8 Å². The van der Waals surface area contributed by atoms with E-state index in [1.54, 1.807) is 14.2 Å². The van der Waals surface area contributed by atoms with Crippen LogP contribution in [0.3, 0.4) is 0 Å². The molecule has 0 unspecified atom stereocenters. The average Bonchev–Trinajstić information content (AvgIpc) is 3.49. The molecule has 0 aliphatic carbocycles. The topological polar surface area (TPSA) is 81.7 Å². The molecule has 30 heavy (non-hydrogen) atoms. The van der Waals surface area contributed by atoms with Crippen LogP contribution in [0.5, 0.6) is 34.5 Å². The highest BCUT2D eigenvalue weighted by atomic mass is 16.7. The van der Waals surface area contributed by atoms with Gasteiger partial charge in [0.25, 0.3) is 0 Å². The van der Waals surface area contributed by atoms with Crippen molar-refractivity contribution in [2.24, 2.45) is 11.8 Å². The van der Waals surface area contributed by atoms with Crippen LogP contribution in [0.4, 0.5) is 0 Å². The van der Waals surface area contributed by atoms with E-state index in [4.69, 9.17) is 33.2 Å². The third-order valence-corrected chi connectivity index (χ3v) is 5.94. The number of hydrogen-bond donors (Lipinski definition) is 0. The van der Waals surface area contributed by atoms with Crippen molar-refractivity contribution < 1.29 is 38.0 Å². The van der Waals surface area contributed by atoms with Crippen molar-refractivity contribution in [2.45, 2.75) is 12.8 Å². The zero-order valence-electron chi connectivity index (χ0n) is 16.9. The number of carbonyl (C=O) groups is 1. The van der Waals surface area contributed by atoms with Gasteiger partial charge in [0.2, 0.25) is 25.1 Å². The molecule has 3 aliphatic rings. The maximum Gasteiger partial charge on any atom is 0.309 e. The number of ether oxygens (including phenoxy) is 7. The third kappa shape index (κ3) is 2.86. The SMILES string of the molecule is COc1cc(C(c2cc(OC)c3c(c2)OCO3)[C@H]2COC(=O)[C@H]2C)cc2c1OCO2. The minimum Gasteiger partial charge on any atom is -0.493 e. The molecule has 8 nitrogen and oxygen atoms in total. The van der Waals surface area contributed by atoms with Gasteiger partial charge in [0.1, 0.15) is 0 Å². The highest BCUT2D eigenvalue weighted by Gasteiger charge is 2.41. The van der Waals surface area contributed by atoms with Crippen molar-refractivity contribution in [3.63, 3.8) is 0 Å². The highest BCUT2D eigenvalue weighted by Crippen LogP contribution is 2.50. The Morgan fingerprint density at radius 3 is 1.80 bits per heavy atom. The van der Waals surface area contributed by atoms with E-state index in [1.807, 2.05) is 31.2 Å². The van der Waals surface area contributed by atoms with Crippen molar-refractivity contribution in [1.82, 2.24) is 0 Å². The lowest BCUT2D eigenvalue weighted by atomic mass is 9.76. The molecule has 0 spiro atoms. The molecule has 0 bridgehead atoms. The molecule has 0 amide bonds. The first-order valence-corrected chi connectivity index (χ1v) is 9.72. The van der Waals surface area contributed by atoms with Crippen LogP contribution < -0.4 is 28.4 Å². The molecule has 8 heteroatoms. The standard InChI is InChI=1S/C22H22O8/c1-11-14(8-26-22(11)23)19(12-4-15(24-2)20-17(6-12)27-9-29-20)13-5-16(25-3)21-18(7-13)28-10-30-21/h4-7,11,14,19H,8-10H2,1-3H3/t11-,14-/m0/s1. The second kappa shape index (κ2) is 7.19. The summed E-state index contributed by atoms with van der Waals surface area (Å²) >= 11 is 0. The van der Waals surface area contributed by atoms with Crippen LogP contribution >= 0.6 is 0 Å². The molecule has 1 saturated heterocycles. The van der Waals surface area contributed by atoms with Crippen LogP contribution in [0.2, 0.25) is 0 Å². The Hall–Kier alpha value is -3.29. The summed E-state index contributed by atoms with van der Waals surface area (Å²) in [6.45, 7) is 2.48. The first kappa shape index (κ1) is 18.7. The second-order valence-electron chi connectivity index (χ2n) is 7.47. The Balaban J connectivity index is 1.67. The van der Waals surface area contributed by atoms with Crippen LogP contribution in [0.15, 0.2) is 24.3 Å². The van der Waals surface area contributed by atoms with Crippen LogP contribution in [-0.4, -0.2) is 40.4 Å². The number of carbonyl (C=O) groups excluding carboxylic acids is 1. The average molecular weight is 414 g/mol. The fourth-order valence-electron chi connectivity index (χ4n) is 4.36. The van der Waals surface area contributed by atoms with E-state index in [2.05, 4.69) is 0 Å². The molecule has 2 aromatic carbocycles. The summed E-state index contributed by atoms with van der Waals surface area (Å²) in [6, 6.07) is 7.71. The largest absolute Gasteiger partial charge is 0.493 e. The molecule has 0 radical (unpaired) electrons. The number of methoxy groups -OCH3 is 2. The van der Waals surface area contributed by atoms with Gasteiger partial charge in [-0.2, -0.15) is 0 Å². The van der Waals surface area contributed by atoms with Gasteiger partial charge in [-0.3, -0.25) is 4.79 Å². The minimum atomic E-state index is -0.275. The van der Waals surface area contributed by atoms with Gasteiger partial charge in [-0.25, -0.2) is 0 Å². The first-order valence-electron chi connectivity index (χ1n) is 9.72. The fraction of sp³-hybridized carbons (Fsp3) is 0.409. The maximum atomic E-state index is 12.2. The molecule has 3 aliphatic heterocycles. The number of esters is 1. The van der Waals surface area contributed by atoms with E-state index >= 15 is 0 Å². The molecule has 0 saturated carbocycles. The van der Waals surface area contributed by atoms with Crippen LogP contribution in [-0.2, 0) is 9.53 Å². The van der Waals surface area contributed by atoms with Gasteiger partial charge >= 0.3 is 5.97 Å². The fourth-order valence-corrected chi connectivity index (χ4v) is 4.36. The molecule has 5 rings (SSSR count). The normalized spacial score (nSPS) is 21.1. The van der Waals surface area contributed by atoms with E-state index in [0.717, 1.165) is 11.1 Å². The van der Waals surface area contributed by atoms with Gasteiger partial charge in [-0.1, -0.05) is 6.92 Å². The zero-order valence-corrected chi connectivity index (χ0v) is 16.9. The number of fused-ring (bicyclic) bond motifs is 2. The Kier molecular flexibility index (Phi) is 4.49. The zero-order chi connectivity index (χ0) is 20.8. The van der Waals surface area contributed by atoms with Crippen LogP contribution in [0.1, 0.15) is 24.0 Å². The molecular weight excluding hydrogens is 392 g/mol. The summed E-state index contributed by atoms with van der Waals surface area (Å²) in [6.07, 6.45) is 0. The van der Waals surface area contributed by atoms with Crippen molar-refractivity contribution in [3.8, 4) is 34.5 Å². The highest BCUT2D eigenvalue weighted by molar-refractivity contribution is 5.75. The summed E-state index contributed by atoms with van der Waals surface area (Å²) in [5.41, 5.74) is 1.85. The first-order chi connectivity index (χ1) is 14.6. The van der Waals surface area contributed by atoms with Gasteiger partial charge in [-0.15, -0.1) is 0 Å². The molecule has 158 valence electrons. The van der Waals surface area contributed by atoms with Crippen molar-refractivity contribution in [2.75, 3.05) is 34.4 Å². The minimum absolute atomic E-state index is 0.0901. The van der Waals surface area contributed by atoms with Gasteiger partial charge in [-0.05, 0) is 35.4 Å². The van der Waals surface area contributed by atoms with E-state index in [1.165, 1.54) is 0 Å². The molecule has 2 aromatic rings. The lowest BCUT2D eigenvalue weighted by Gasteiger charge is -2.26. The molecule has 1 fully saturated rings. The Labute approximate surface area is 173 Å². The lowest BCUT2D eigenvalue weighted by Crippen LogP contribution is -2.21. The summed E-state index contributed by atoms with van der Waals surface area (Å²) in [7, 11) is 3.18. The number of cyclic esters (lactones) is 1. The van der Waals surface area contributed by atoms with Crippen molar-refractivity contribution in [3.05, 3.63) is 35.4 Å². The molecule has 3 heterocycles. The summed E-state index contributed by atoms with van der Waals surface area (Å²) in [5, 5.41) is 0. The van der Waals surface area contributed by atoms with Crippen LogP contribution in [0.25, 0.3) is 0 Å². The van der Waals surface area contributed by atoms with Gasteiger partial charge in [0.05, 0.1) is 26.7 Å². The second-order valence-corrected chi connectivity index (χ2v) is 7.47. The van der Waals surface area contributed by atoms with E-state index in [0.29, 0.717) is 41.1 Å². The van der Waals surface area contributed by atoms with Crippen molar-refractivity contribution >= 4 is 5.97 Å². The van der Waals surface area contributed by atoms with E-state index in [-0.39, 0.29) is 37.3 Å². The summed E-state index contributed by atoms with van der Waals surface area (Å²) in [5.74, 6) is 2.77. The number of rotatable bonds is 5. The number of hydrogen-bond acceptors (Lipinski definition) is 8. The van der Waals surface area contributed by atoms with E-state index < -0.39 is 0 Å². The smallest absolute Gasteiger partial charge is 0.309 e. The van der Waals surface area contributed by atoms with Crippen molar-refractivity contribution in [1.29, 1.82) is 0 Å². The van der Waals surface area contributed by atoms with E-state index in [9.17, 15) is 4.79 Å². The lowest BCUT2D eigenvalue weighted by molar-refractivity contribution is -0.140. The molecule has 2 atom stereocenters. The Morgan fingerprint density at radius 2 is 1.37 bits per heavy atom. The Morgan fingerprint density at radius 1 is 0.833 bits per heavy atom. The van der Waals surface area contributed by atoms with Gasteiger partial charge in [0.15, 0.2) is 23.0 Å². The number of benzene rings is 2. The predicted octanol–water partition coefficient (Wildman–Crippen LogP) is 3.10. The predicted molar refractivity (Wildman–Crippen MR) is 104 cm³/mol. The quantitative estimate of drug-likeness (QED) is 0.691. The third-order valence-electron chi connectivity index (χ3n) is 5.94.